The lowest BCUT2D eigenvalue weighted by atomic mass is 10.3. The second-order valence-corrected chi connectivity index (χ2v) is 3.41. The van der Waals surface area contributed by atoms with E-state index < -0.39 is 5.82 Å². The van der Waals surface area contributed by atoms with Crippen molar-refractivity contribution in [1.82, 2.24) is 0 Å². The second-order valence-electron chi connectivity index (χ2n) is 3.01. The Morgan fingerprint density at radius 3 is 2.86 bits per heavy atom. The summed E-state index contributed by atoms with van der Waals surface area (Å²) in [4.78, 5) is 0. The highest BCUT2D eigenvalue weighted by Crippen LogP contribution is 2.28. The molecule has 14 heavy (non-hydrogen) atoms. The number of unbranched alkanes of at least 4 members (excludes halogenated alkanes) is 1. The molecule has 0 amide bonds. The summed E-state index contributed by atoms with van der Waals surface area (Å²) in [6.45, 7) is 2.63. The normalized spacial score (nSPS) is 10.2. The van der Waals surface area contributed by atoms with Gasteiger partial charge in [-0.25, -0.2) is 4.39 Å². The third-order valence-electron chi connectivity index (χ3n) is 1.81. The Morgan fingerprint density at radius 1 is 1.50 bits per heavy atom. The first-order valence-electron chi connectivity index (χ1n) is 4.52. The van der Waals surface area contributed by atoms with Gasteiger partial charge in [-0.2, -0.15) is 0 Å². The molecule has 0 aromatic heterocycles. The Balaban J connectivity index is 2.72. The molecule has 2 N–H and O–H groups in total. The van der Waals surface area contributed by atoms with Crippen LogP contribution in [-0.4, -0.2) is 6.61 Å². The van der Waals surface area contributed by atoms with Gasteiger partial charge in [0.05, 0.1) is 17.3 Å². The minimum Gasteiger partial charge on any atom is -0.491 e. The number of rotatable bonds is 4. The molecule has 0 aliphatic rings. The van der Waals surface area contributed by atoms with Crippen LogP contribution in [0.5, 0.6) is 5.75 Å². The van der Waals surface area contributed by atoms with E-state index in [2.05, 4.69) is 6.92 Å². The molecule has 0 spiro atoms. The van der Waals surface area contributed by atoms with Crippen LogP contribution in [0.15, 0.2) is 12.1 Å². The molecule has 1 rings (SSSR count). The predicted octanol–water partition coefficient (Wildman–Crippen LogP) is 3.24. The average molecular weight is 218 g/mol. The monoisotopic (exact) mass is 217 g/mol. The van der Waals surface area contributed by atoms with Crippen LogP contribution in [0.2, 0.25) is 5.02 Å². The SMILES string of the molecule is CCCCOc1cc(Cl)c(F)cc1N. The maximum Gasteiger partial charge on any atom is 0.144 e. The lowest BCUT2D eigenvalue weighted by molar-refractivity contribution is 0.310. The third kappa shape index (κ3) is 2.77. The van der Waals surface area contributed by atoms with Gasteiger partial charge in [0.1, 0.15) is 11.6 Å². The first kappa shape index (κ1) is 11.1. The third-order valence-corrected chi connectivity index (χ3v) is 2.10. The van der Waals surface area contributed by atoms with Gasteiger partial charge in [0.15, 0.2) is 0 Å². The summed E-state index contributed by atoms with van der Waals surface area (Å²) in [5.41, 5.74) is 5.83. The number of hydrogen-bond donors (Lipinski definition) is 1. The van der Waals surface area contributed by atoms with Crippen molar-refractivity contribution in [3.63, 3.8) is 0 Å². The second kappa shape index (κ2) is 5.05. The maximum atomic E-state index is 12.9. The van der Waals surface area contributed by atoms with Crippen molar-refractivity contribution in [1.29, 1.82) is 0 Å². The minimum absolute atomic E-state index is 0.0331. The zero-order chi connectivity index (χ0) is 10.6. The number of nitrogens with two attached hydrogens (primary N) is 1. The topological polar surface area (TPSA) is 35.2 Å². The Labute approximate surface area is 87.8 Å². The molecule has 0 saturated heterocycles. The van der Waals surface area contributed by atoms with Crippen molar-refractivity contribution in [2.24, 2.45) is 0 Å². The molecule has 0 aliphatic carbocycles. The van der Waals surface area contributed by atoms with Gasteiger partial charge in [-0.15, -0.1) is 0 Å². The molecule has 4 heteroatoms. The molecule has 0 heterocycles. The van der Waals surface area contributed by atoms with Gasteiger partial charge < -0.3 is 10.5 Å². The number of nitrogen functional groups attached to an aromatic ring is 1. The number of benzene rings is 1. The molecule has 1 aromatic rings. The van der Waals surface area contributed by atoms with Gasteiger partial charge in [-0.05, 0) is 6.42 Å². The number of ether oxygens (including phenoxy) is 1. The van der Waals surface area contributed by atoms with E-state index in [-0.39, 0.29) is 10.7 Å². The van der Waals surface area contributed by atoms with E-state index in [1.54, 1.807) is 0 Å². The van der Waals surface area contributed by atoms with Crippen molar-refractivity contribution in [2.45, 2.75) is 19.8 Å². The van der Waals surface area contributed by atoms with E-state index in [1.807, 2.05) is 0 Å². The molecule has 0 aliphatic heterocycles. The summed E-state index contributed by atoms with van der Waals surface area (Å²) in [6.07, 6.45) is 1.98. The van der Waals surface area contributed by atoms with Crippen LogP contribution < -0.4 is 10.5 Å². The van der Waals surface area contributed by atoms with Crippen molar-refractivity contribution in [2.75, 3.05) is 12.3 Å². The fraction of sp³-hybridized carbons (Fsp3) is 0.400. The Hall–Kier alpha value is -0.960. The van der Waals surface area contributed by atoms with Crippen LogP contribution in [0, 0.1) is 5.82 Å². The summed E-state index contributed by atoms with van der Waals surface area (Å²) < 4.78 is 18.2. The zero-order valence-corrected chi connectivity index (χ0v) is 8.77. The fourth-order valence-corrected chi connectivity index (χ4v) is 1.15. The molecular formula is C10H13ClFNO. The Kier molecular flexibility index (Phi) is 4.01. The number of anilines is 1. The summed E-state index contributed by atoms with van der Waals surface area (Å²) in [6, 6.07) is 2.57. The van der Waals surface area contributed by atoms with E-state index in [4.69, 9.17) is 22.1 Å². The quantitative estimate of drug-likeness (QED) is 0.621. The molecule has 0 saturated carbocycles. The van der Waals surface area contributed by atoms with Crippen molar-refractivity contribution in [3.8, 4) is 5.75 Å². The van der Waals surface area contributed by atoms with E-state index in [9.17, 15) is 4.39 Å². The van der Waals surface area contributed by atoms with Crippen LogP contribution in [0.1, 0.15) is 19.8 Å². The van der Waals surface area contributed by atoms with Crippen LogP contribution >= 0.6 is 11.6 Å². The lowest BCUT2D eigenvalue weighted by Gasteiger charge is -2.08. The van der Waals surface area contributed by atoms with Gasteiger partial charge in [0, 0.05) is 12.1 Å². The van der Waals surface area contributed by atoms with Gasteiger partial charge in [-0.1, -0.05) is 24.9 Å². The Morgan fingerprint density at radius 2 is 2.21 bits per heavy atom. The largest absolute Gasteiger partial charge is 0.491 e. The smallest absolute Gasteiger partial charge is 0.144 e. The summed E-state index contributed by atoms with van der Waals surface area (Å²) >= 11 is 5.59. The minimum atomic E-state index is -0.521. The number of hydrogen-bond acceptors (Lipinski definition) is 2. The molecule has 78 valence electrons. The van der Waals surface area contributed by atoms with E-state index in [0.29, 0.717) is 12.4 Å². The number of halogens is 2. The maximum absolute atomic E-state index is 12.9. The summed E-state index contributed by atoms with van der Waals surface area (Å²) in [5.74, 6) is -0.0724. The fourth-order valence-electron chi connectivity index (χ4n) is 0.995. The Bertz CT molecular complexity index is 317. The van der Waals surface area contributed by atoms with Crippen LogP contribution in [-0.2, 0) is 0 Å². The average Bonchev–Trinajstić information content (AvgIpc) is 2.14. The molecule has 0 atom stereocenters. The lowest BCUT2D eigenvalue weighted by Crippen LogP contribution is -2.00. The van der Waals surface area contributed by atoms with Gasteiger partial charge in [0.2, 0.25) is 0 Å². The molecule has 0 radical (unpaired) electrons. The predicted molar refractivity (Wildman–Crippen MR) is 56.2 cm³/mol. The van der Waals surface area contributed by atoms with E-state index in [1.165, 1.54) is 12.1 Å². The van der Waals surface area contributed by atoms with E-state index >= 15 is 0 Å². The molecule has 2 nitrogen and oxygen atoms in total. The van der Waals surface area contributed by atoms with Crippen molar-refractivity contribution < 1.29 is 9.13 Å². The molecule has 0 bridgehead atoms. The molecular weight excluding hydrogens is 205 g/mol. The van der Waals surface area contributed by atoms with Gasteiger partial charge >= 0.3 is 0 Å². The van der Waals surface area contributed by atoms with Crippen molar-refractivity contribution >= 4 is 17.3 Å². The first-order chi connectivity index (χ1) is 6.65. The van der Waals surface area contributed by atoms with Crippen LogP contribution in [0.4, 0.5) is 10.1 Å². The molecule has 0 fully saturated rings. The highest BCUT2D eigenvalue weighted by molar-refractivity contribution is 6.31. The van der Waals surface area contributed by atoms with Crippen LogP contribution in [0.25, 0.3) is 0 Å². The van der Waals surface area contributed by atoms with E-state index in [0.717, 1.165) is 12.8 Å². The summed E-state index contributed by atoms with van der Waals surface area (Å²) in [5, 5.41) is 0.0331. The van der Waals surface area contributed by atoms with Crippen LogP contribution in [0.3, 0.4) is 0 Å². The summed E-state index contributed by atoms with van der Waals surface area (Å²) in [7, 11) is 0. The highest BCUT2D eigenvalue weighted by atomic mass is 35.5. The highest BCUT2D eigenvalue weighted by Gasteiger charge is 2.06. The van der Waals surface area contributed by atoms with Gasteiger partial charge in [0.25, 0.3) is 0 Å². The van der Waals surface area contributed by atoms with Crippen molar-refractivity contribution in [3.05, 3.63) is 23.0 Å². The standard InChI is InChI=1S/C10H13ClFNO/c1-2-3-4-14-10-5-7(11)8(12)6-9(10)13/h5-6H,2-4,13H2,1H3. The van der Waals surface area contributed by atoms with Gasteiger partial charge in [-0.3, -0.25) is 0 Å². The molecule has 0 unspecified atom stereocenters. The zero-order valence-electron chi connectivity index (χ0n) is 8.02. The first-order valence-corrected chi connectivity index (χ1v) is 4.90. The molecule has 1 aromatic carbocycles.